The summed E-state index contributed by atoms with van der Waals surface area (Å²) in [4.78, 5) is 18.8. The minimum absolute atomic E-state index is 0.0475. The lowest BCUT2D eigenvalue weighted by molar-refractivity contribution is -0.122. The number of halogens is 1. The van der Waals surface area contributed by atoms with Gasteiger partial charge in [-0.3, -0.25) is 4.79 Å². The maximum Gasteiger partial charge on any atom is 0.242 e. The Kier molecular flexibility index (Phi) is 3.48. The topological polar surface area (TPSA) is 45.2 Å². The number of carbonyl (C=O) groups excluding carboxylic acids is 1. The van der Waals surface area contributed by atoms with Gasteiger partial charge in [0.1, 0.15) is 11.9 Å². The molecule has 1 saturated carbocycles. The Morgan fingerprint density at radius 2 is 2.26 bits per heavy atom. The van der Waals surface area contributed by atoms with Gasteiger partial charge in [-0.2, -0.15) is 0 Å². The van der Waals surface area contributed by atoms with Crippen LogP contribution in [0.5, 0.6) is 0 Å². The fourth-order valence-corrected chi connectivity index (χ4v) is 2.74. The van der Waals surface area contributed by atoms with Crippen LogP contribution >= 0.6 is 15.9 Å². The van der Waals surface area contributed by atoms with Crippen molar-refractivity contribution in [2.24, 2.45) is 0 Å². The summed E-state index contributed by atoms with van der Waals surface area (Å²) in [5, 5.41) is 3.10. The first kappa shape index (κ1) is 12.9. The Labute approximate surface area is 121 Å². The molecule has 1 N–H and O–H groups in total. The summed E-state index contributed by atoms with van der Waals surface area (Å²) in [5.74, 6) is 1.08. The van der Waals surface area contributed by atoms with Crippen molar-refractivity contribution in [3.8, 4) is 0 Å². The van der Waals surface area contributed by atoms with Crippen molar-refractivity contribution in [2.75, 3.05) is 11.4 Å². The predicted octanol–water partition coefficient (Wildman–Crippen LogP) is 2.40. The predicted molar refractivity (Wildman–Crippen MR) is 78.2 cm³/mol. The van der Waals surface area contributed by atoms with Crippen LogP contribution in [0.25, 0.3) is 0 Å². The van der Waals surface area contributed by atoms with Crippen LogP contribution in [0.3, 0.4) is 0 Å². The molecule has 19 heavy (non-hydrogen) atoms. The second kappa shape index (κ2) is 5.12. The van der Waals surface area contributed by atoms with Crippen LogP contribution in [0, 0.1) is 6.92 Å². The molecular weight excluding hydrogens is 306 g/mol. The molecule has 1 aliphatic heterocycles. The smallest absolute Gasteiger partial charge is 0.242 e. The number of pyridine rings is 1. The number of aryl methyl sites for hydroxylation is 1. The maximum absolute atomic E-state index is 12.2. The molecule has 2 fully saturated rings. The third-order valence-electron chi connectivity index (χ3n) is 3.81. The zero-order valence-corrected chi connectivity index (χ0v) is 12.6. The summed E-state index contributed by atoms with van der Waals surface area (Å²) in [7, 11) is 0. The monoisotopic (exact) mass is 323 g/mol. The van der Waals surface area contributed by atoms with Gasteiger partial charge in [-0.05, 0) is 60.2 Å². The minimum atomic E-state index is -0.0475. The summed E-state index contributed by atoms with van der Waals surface area (Å²) >= 11 is 3.46. The lowest BCUT2D eigenvalue weighted by Crippen LogP contribution is -2.44. The van der Waals surface area contributed by atoms with Crippen LogP contribution in [0.2, 0.25) is 0 Å². The summed E-state index contributed by atoms with van der Waals surface area (Å²) < 4.78 is 1.01. The van der Waals surface area contributed by atoms with Gasteiger partial charge in [0.05, 0.1) is 0 Å². The van der Waals surface area contributed by atoms with Gasteiger partial charge in [0.15, 0.2) is 0 Å². The van der Waals surface area contributed by atoms with Gasteiger partial charge in [-0.15, -0.1) is 0 Å². The Bertz CT molecular complexity index is 501. The first-order chi connectivity index (χ1) is 9.15. The highest BCUT2D eigenvalue weighted by Crippen LogP contribution is 2.28. The molecule has 1 saturated heterocycles. The summed E-state index contributed by atoms with van der Waals surface area (Å²) in [6.45, 7) is 2.96. The van der Waals surface area contributed by atoms with E-state index in [1.54, 1.807) is 0 Å². The third kappa shape index (κ3) is 2.76. The van der Waals surface area contributed by atoms with Gasteiger partial charge in [0.2, 0.25) is 5.91 Å². The molecular formula is C14H18BrN3O. The highest BCUT2D eigenvalue weighted by molar-refractivity contribution is 9.10. The number of hydrogen-bond donors (Lipinski definition) is 1. The number of aromatic nitrogens is 1. The van der Waals surface area contributed by atoms with E-state index in [9.17, 15) is 4.79 Å². The molecule has 3 rings (SSSR count). The van der Waals surface area contributed by atoms with Gasteiger partial charge < -0.3 is 10.2 Å². The van der Waals surface area contributed by atoms with Crippen LogP contribution in [0.4, 0.5) is 5.82 Å². The molecule has 0 unspecified atom stereocenters. The van der Waals surface area contributed by atoms with Crippen molar-refractivity contribution in [1.29, 1.82) is 0 Å². The number of nitrogens with one attached hydrogen (secondary N) is 1. The maximum atomic E-state index is 12.2. The number of carbonyl (C=O) groups is 1. The molecule has 1 aromatic rings. The second-order valence-electron chi connectivity index (χ2n) is 5.43. The van der Waals surface area contributed by atoms with Gasteiger partial charge in [0, 0.05) is 23.3 Å². The van der Waals surface area contributed by atoms with Crippen molar-refractivity contribution in [3.63, 3.8) is 0 Å². The van der Waals surface area contributed by atoms with E-state index in [0.717, 1.165) is 48.1 Å². The van der Waals surface area contributed by atoms with E-state index in [-0.39, 0.29) is 11.9 Å². The second-order valence-corrected chi connectivity index (χ2v) is 6.28. The summed E-state index contributed by atoms with van der Waals surface area (Å²) in [5.41, 5.74) is 1.15. The molecule has 102 valence electrons. The lowest BCUT2D eigenvalue weighted by atomic mass is 10.2. The van der Waals surface area contributed by atoms with Crippen molar-refractivity contribution in [1.82, 2.24) is 10.3 Å². The van der Waals surface area contributed by atoms with E-state index < -0.39 is 0 Å². The number of hydrogen-bond acceptors (Lipinski definition) is 3. The Balaban J connectivity index is 1.77. The molecule has 0 radical (unpaired) electrons. The van der Waals surface area contributed by atoms with E-state index in [4.69, 9.17) is 0 Å². The van der Waals surface area contributed by atoms with Crippen LogP contribution in [0.1, 0.15) is 31.2 Å². The Hall–Kier alpha value is -1.10. The molecule has 0 spiro atoms. The SMILES string of the molecule is Cc1cc(N2CCC[C@@H]2C(=O)NC2CC2)ncc1Br. The molecule has 4 nitrogen and oxygen atoms in total. The third-order valence-corrected chi connectivity index (χ3v) is 4.64. The van der Waals surface area contributed by atoms with Crippen LogP contribution in [0.15, 0.2) is 16.7 Å². The summed E-state index contributed by atoms with van der Waals surface area (Å²) in [6.07, 6.45) is 6.07. The molecule has 1 aromatic heterocycles. The van der Waals surface area contributed by atoms with Gasteiger partial charge in [0.25, 0.3) is 0 Å². The number of amides is 1. The average molecular weight is 324 g/mol. The van der Waals surface area contributed by atoms with E-state index in [1.165, 1.54) is 0 Å². The molecule has 0 bridgehead atoms. The highest BCUT2D eigenvalue weighted by Gasteiger charge is 2.34. The zero-order chi connectivity index (χ0) is 13.4. The molecule has 0 aromatic carbocycles. The Morgan fingerprint density at radius 1 is 1.47 bits per heavy atom. The van der Waals surface area contributed by atoms with Gasteiger partial charge in [-0.1, -0.05) is 0 Å². The molecule has 2 heterocycles. The van der Waals surface area contributed by atoms with E-state index in [0.29, 0.717) is 6.04 Å². The number of anilines is 1. The van der Waals surface area contributed by atoms with Crippen molar-refractivity contribution in [3.05, 3.63) is 22.3 Å². The molecule has 1 aliphatic carbocycles. The molecule has 5 heteroatoms. The number of nitrogens with zero attached hydrogens (tertiary/aromatic N) is 2. The first-order valence-electron chi connectivity index (χ1n) is 6.84. The molecule has 1 amide bonds. The average Bonchev–Trinajstić information content (AvgIpc) is 3.06. The largest absolute Gasteiger partial charge is 0.352 e. The van der Waals surface area contributed by atoms with Gasteiger partial charge in [-0.25, -0.2) is 4.98 Å². The lowest BCUT2D eigenvalue weighted by Gasteiger charge is -2.25. The van der Waals surface area contributed by atoms with Crippen LogP contribution in [-0.4, -0.2) is 29.5 Å². The van der Waals surface area contributed by atoms with E-state index in [1.807, 2.05) is 19.2 Å². The van der Waals surface area contributed by atoms with Crippen molar-refractivity contribution >= 4 is 27.7 Å². The minimum Gasteiger partial charge on any atom is -0.352 e. The fourth-order valence-electron chi connectivity index (χ4n) is 2.52. The highest BCUT2D eigenvalue weighted by atomic mass is 79.9. The van der Waals surface area contributed by atoms with E-state index >= 15 is 0 Å². The summed E-state index contributed by atoms with van der Waals surface area (Å²) in [6, 6.07) is 2.43. The molecule has 2 aliphatic rings. The van der Waals surface area contributed by atoms with Crippen LogP contribution in [-0.2, 0) is 4.79 Å². The van der Waals surface area contributed by atoms with E-state index in [2.05, 4.69) is 31.1 Å². The van der Waals surface area contributed by atoms with Crippen molar-refractivity contribution < 1.29 is 4.79 Å². The number of rotatable bonds is 3. The first-order valence-corrected chi connectivity index (χ1v) is 7.63. The fraction of sp³-hybridized carbons (Fsp3) is 0.571. The van der Waals surface area contributed by atoms with Gasteiger partial charge >= 0.3 is 0 Å². The Morgan fingerprint density at radius 3 is 2.95 bits per heavy atom. The zero-order valence-electron chi connectivity index (χ0n) is 11.0. The standard InChI is InChI=1S/C14H18BrN3O/c1-9-7-13(16-8-11(9)15)18-6-2-3-12(18)14(19)17-10-4-5-10/h7-8,10,12H,2-6H2,1H3,(H,17,19)/t12-/m1/s1. The molecule has 1 atom stereocenters. The van der Waals surface area contributed by atoms with Crippen molar-refractivity contribution in [2.45, 2.75) is 44.7 Å². The van der Waals surface area contributed by atoms with Crippen LogP contribution < -0.4 is 10.2 Å². The quantitative estimate of drug-likeness (QED) is 0.929. The normalized spacial score (nSPS) is 22.6.